The Balaban J connectivity index is 3.13. The lowest BCUT2D eigenvalue weighted by Gasteiger charge is -2.10. The van der Waals surface area contributed by atoms with Crippen molar-refractivity contribution in [1.82, 2.24) is 0 Å². The summed E-state index contributed by atoms with van der Waals surface area (Å²) in [5, 5.41) is 0. The summed E-state index contributed by atoms with van der Waals surface area (Å²) in [5.74, 6) is 0.576. The smallest absolute Gasteiger partial charge is 0.334 e. The highest BCUT2D eigenvalue weighted by molar-refractivity contribution is 5.90. The van der Waals surface area contributed by atoms with Gasteiger partial charge in [-0.15, -0.1) is 0 Å². The number of rotatable bonds is 4. The van der Waals surface area contributed by atoms with Crippen LogP contribution in [-0.2, 0) is 14.3 Å². The van der Waals surface area contributed by atoms with Crippen LogP contribution in [0.1, 0.15) is 5.56 Å². The summed E-state index contributed by atoms with van der Waals surface area (Å²) in [4.78, 5) is 11.1. The fourth-order valence-electron chi connectivity index (χ4n) is 1.26. The normalized spacial score (nSPS) is 10.8. The number of para-hydroxylation sites is 1. The van der Waals surface area contributed by atoms with Crippen molar-refractivity contribution in [3.8, 4) is 5.75 Å². The zero-order valence-corrected chi connectivity index (χ0v) is 9.52. The molecular formula is C12H14O4. The largest absolute Gasteiger partial charge is 0.496 e. The van der Waals surface area contributed by atoms with Crippen LogP contribution in [0.15, 0.2) is 30.3 Å². The van der Waals surface area contributed by atoms with Crippen molar-refractivity contribution in [2.45, 2.75) is 0 Å². The number of ether oxygens (including phenoxy) is 3. The van der Waals surface area contributed by atoms with Gasteiger partial charge in [0.05, 0.1) is 33.0 Å². The molecule has 0 spiro atoms. The monoisotopic (exact) mass is 222 g/mol. The van der Waals surface area contributed by atoms with Crippen molar-refractivity contribution < 1.29 is 19.0 Å². The first-order valence-corrected chi connectivity index (χ1v) is 4.70. The van der Waals surface area contributed by atoms with E-state index in [1.165, 1.54) is 20.3 Å². The molecule has 0 atom stereocenters. The molecule has 0 radical (unpaired) electrons. The van der Waals surface area contributed by atoms with Crippen LogP contribution in [-0.4, -0.2) is 27.3 Å². The molecule has 0 heterocycles. The molecule has 0 amide bonds. The first kappa shape index (κ1) is 12.1. The molecule has 0 aliphatic rings. The molecule has 0 aliphatic carbocycles. The third kappa shape index (κ3) is 2.76. The molecule has 86 valence electrons. The van der Waals surface area contributed by atoms with Crippen LogP contribution in [0.2, 0.25) is 0 Å². The molecule has 0 saturated carbocycles. The molecule has 1 aromatic rings. The van der Waals surface area contributed by atoms with Gasteiger partial charge in [-0.2, -0.15) is 0 Å². The third-order valence-electron chi connectivity index (χ3n) is 2.04. The van der Waals surface area contributed by atoms with E-state index in [4.69, 9.17) is 9.47 Å². The van der Waals surface area contributed by atoms with Gasteiger partial charge < -0.3 is 14.2 Å². The topological polar surface area (TPSA) is 44.8 Å². The van der Waals surface area contributed by atoms with E-state index in [0.29, 0.717) is 17.1 Å². The molecule has 0 saturated heterocycles. The Bertz CT molecular complexity index is 396. The van der Waals surface area contributed by atoms with Gasteiger partial charge in [-0.05, 0) is 12.1 Å². The number of carbonyl (C=O) groups is 1. The van der Waals surface area contributed by atoms with Gasteiger partial charge in [-0.1, -0.05) is 12.1 Å². The minimum Gasteiger partial charge on any atom is -0.496 e. The van der Waals surface area contributed by atoms with Crippen molar-refractivity contribution in [2.75, 3.05) is 21.3 Å². The number of esters is 1. The van der Waals surface area contributed by atoms with Crippen LogP contribution < -0.4 is 4.74 Å². The average molecular weight is 222 g/mol. The lowest BCUT2D eigenvalue weighted by atomic mass is 10.1. The Morgan fingerprint density at radius 3 is 2.38 bits per heavy atom. The van der Waals surface area contributed by atoms with E-state index in [-0.39, 0.29) is 0 Å². The first-order valence-electron chi connectivity index (χ1n) is 4.70. The standard InChI is InChI=1S/C12H14O4/c1-14-10-7-5-4-6-9(10)11(15-2)8-12(13)16-3/h4-8H,1-3H3. The maximum Gasteiger partial charge on any atom is 0.334 e. The van der Waals surface area contributed by atoms with Gasteiger partial charge in [0.1, 0.15) is 11.5 Å². The Kier molecular flexibility index (Phi) is 4.39. The number of hydrogen-bond acceptors (Lipinski definition) is 4. The van der Waals surface area contributed by atoms with Crippen LogP contribution >= 0.6 is 0 Å². The van der Waals surface area contributed by atoms with E-state index >= 15 is 0 Å². The highest BCUT2D eigenvalue weighted by Crippen LogP contribution is 2.25. The zero-order valence-electron chi connectivity index (χ0n) is 9.52. The Hall–Kier alpha value is -1.97. The quantitative estimate of drug-likeness (QED) is 0.443. The lowest BCUT2D eigenvalue weighted by Crippen LogP contribution is -1.99. The molecule has 0 bridgehead atoms. The van der Waals surface area contributed by atoms with Gasteiger partial charge in [0.25, 0.3) is 0 Å². The second-order valence-corrected chi connectivity index (χ2v) is 2.94. The summed E-state index contributed by atoms with van der Waals surface area (Å²) in [6, 6.07) is 7.27. The van der Waals surface area contributed by atoms with Gasteiger partial charge in [0.2, 0.25) is 0 Å². The highest BCUT2D eigenvalue weighted by Gasteiger charge is 2.10. The summed E-state index contributed by atoms with van der Waals surface area (Å²) in [7, 11) is 4.36. The third-order valence-corrected chi connectivity index (χ3v) is 2.04. The molecule has 1 aromatic carbocycles. The van der Waals surface area contributed by atoms with Crippen molar-refractivity contribution >= 4 is 11.7 Å². The predicted octanol–water partition coefficient (Wildman–Crippen LogP) is 1.86. The van der Waals surface area contributed by atoms with Crippen molar-refractivity contribution in [2.24, 2.45) is 0 Å². The lowest BCUT2D eigenvalue weighted by molar-refractivity contribution is -0.134. The molecule has 0 fully saturated rings. The van der Waals surface area contributed by atoms with E-state index in [1.807, 2.05) is 12.1 Å². The van der Waals surface area contributed by atoms with Crippen molar-refractivity contribution in [3.63, 3.8) is 0 Å². The van der Waals surface area contributed by atoms with Gasteiger partial charge in [0.15, 0.2) is 0 Å². The first-order chi connectivity index (χ1) is 7.72. The minimum atomic E-state index is -0.470. The number of carbonyl (C=O) groups excluding carboxylic acids is 1. The highest BCUT2D eigenvalue weighted by atomic mass is 16.5. The summed E-state index contributed by atoms with van der Waals surface area (Å²) >= 11 is 0. The minimum absolute atomic E-state index is 0.407. The molecule has 0 unspecified atom stereocenters. The molecule has 0 aromatic heterocycles. The van der Waals surface area contributed by atoms with Crippen molar-refractivity contribution in [3.05, 3.63) is 35.9 Å². The van der Waals surface area contributed by atoms with Gasteiger partial charge in [0, 0.05) is 0 Å². The van der Waals surface area contributed by atoms with Crippen LogP contribution in [0.3, 0.4) is 0 Å². The Morgan fingerprint density at radius 1 is 1.12 bits per heavy atom. The fourth-order valence-corrected chi connectivity index (χ4v) is 1.26. The average Bonchev–Trinajstić information content (AvgIpc) is 2.35. The molecule has 16 heavy (non-hydrogen) atoms. The van der Waals surface area contributed by atoms with Gasteiger partial charge in [-0.25, -0.2) is 4.79 Å². The van der Waals surface area contributed by atoms with E-state index < -0.39 is 5.97 Å². The second kappa shape index (κ2) is 5.80. The van der Waals surface area contributed by atoms with E-state index in [1.54, 1.807) is 19.2 Å². The molecular weight excluding hydrogens is 208 g/mol. The predicted molar refractivity (Wildman–Crippen MR) is 60.0 cm³/mol. The molecule has 4 heteroatoms. The number of benzene rings is 1. The molecule has 4 nitrogen and oxygen atoms in total. The summed E-state index contributed by atoms with van der Waals surface area (Å²) in [5.41, 5.74) is 0.706. The Labute approximate surface area is 94.4 Å². The number of methoxy groups -OCH3 is 3. The van der Waals surface area contributed by atoms with Gasteiger partial charge in [-0.3, -0.25) is 0 Å². The fraction of sp³-hybridized carbons (Fsp3) is 0.250. The van der Waals surface area contributed by atoms with E-state index in [9.17, 15) is 4.79 Å². The molecule has 0 N–H and O–H groups in total. The maximum atomic E-state index is 11.1. The van der Waals surface area contributed by atoms with E-state index in [2.05, 4.69) is 4.74 Å². The summed E-state index contributed by atoms with van der Waals surface area (Å²) in [6.07, 6.45) is 1.28. The summed E-state index contributed by atoms with van der Waals surface area (Å²) in [6.45, 7) is 0. The van der Waals surface area contributed by atoms with Gasteiger partial charge >= 0.3 is 5.97 Å². The second-order valence-electron chi connectivity index (χ2n) is 2.94. The molecule has 0 aliphatic heterocycles. The zero-order chi connectivity index (χ0) is 12.0. The summed E-state index contributed by atoms with van der Waals surface area (Å²) < 4.78 is 14.8. The van der Waals surface area contributed by atoms with Crippen LogP contribution in [0.5, 0.6) is 5.75 Å². The Morgan fingerprint density at radius 2 is 1.81 bits per heavy atom. The van der Waals surface area contributed by atoms with Crippen LogP contribution in [0, 0.1) is 0 Å². The number of hydrogen-bond donors (Lipinski definition) is 0. The van der Waals surface area contributed by atoms with Crippen LogP contribution in [0.4, 0.5) is 0 Å². The molecule has 1 rings (SSSR count). The van der Waals surface area contributed by atoms with Crippen LogP contribution in [0.25, 0.3) is 5.76 Å². The van der Waals surface area contributed by atoms with Crippen molar-refractivity contribution in [1.29, 1.82) is 0 Å². The SMILES string of the molecule is COC(=O)C=C(OC)c1ccccc1OC. The maximum absolute atomic E-state index is 11.1. The van der Waals surface area contributed by atoms with E-state index in [0.717, 1.165) is 0 Å².